The van der Waals surface area contributed by atoms with E-state index in [2.05, 4.69) is 22.2 Å². The minimum Gasteiger partial charge on any atom is -0.469 e. The molecule has 0 amide bonds. The number of methoxy groups -OCH3 is 1. The summed E-state index contributed by atoms with van der Waals surface area (Å²) in [6, 6.07) is 10.0. The van der Waals surface area contributed by atoms with Crippen LogP contribution < -0.4 is 0 Å². The summed E-state index contributed by atoms with van der Waals surface area (Å²) in [5, 5.41) is 5.24. The molecule has 0 bridgehead atoms. The smallest absolute Gasteiger partial charge is 0.313 e. The number of ketones is 1. The summed E-state index contributed by atoms with van der Waals surface area (Å²) in [6.45, 7) is 0. The van der Waals surface area contributed by atoms with Crippen molar-refractivity contribution in [1.29, 1.82) is 0 Å². The van der Waals surface area contributed by atoms with Gasteiger partial charge in [-0.05, 0) is 28.5 Å². The maximum atomic E-state index is 12.0. The third-order valence-electron chi connectivity index (χ3n) is 3.20. The van der Waals surface area contributed by atoms with Crippen molar-refractivity contribution in [2.24, 2.45) is 0 Å². The van der Waals surface area contributed by atoms with E-state index in [4.69, 9.17) is 0 Å². The average Bonchev–Trinajstić information content (AvgIpc) is 3.13. The molecule has 0 aliphatic carbocycles. The van der Waals surface area contributed by atoms with Crippen LogP contribution in [0.15, 0.2) is 41.1 Å². The monoisotopic (exact) mass is 316 g/mol. The fourth-order valence-corrected chi connectivity index (χ4v) is 3.93. The van der Waals surface area contributed by atoms with Crippen LogP contribution in [0.25, 0.3) is 21.2 Å². The zero-order chi connectivity index (χ0) is 14.8. The Kier molecular flexibility index (Phi) is 3.86. The molecule has 106 valence electrons. The number of hydrogen-bond acceptors (Lipinski definition) is 5. The number of rotatable bonds is 4. The van der Waals surface area contributed by atoms with E-state index in [-0.39, 0.29) is 12.2 Å². The Morgan fingerprint density at radius 2 is 1.95 bits per heavy atom. The molecule has 0 fully saturated rings. The number of benzene rings is 1. The van der Waals surface area contributed by atoms with Crippen LogP contribution in [0.1, 0.15) is 16.1 Å². The molecule has 21 heavy (non-hydrogen) atoms. The number of hydrogen-bond donors (Lipinski definition) is 0. The third-order valence-corrected chi connectivity index (χ3v) is 5.13. The molecule has 0 atom stereocenters. The molecule has 0 saturated carbocycles. The molecule has 0 spiro atoms. The lowest BCUT2D eigenvalue weighted by atomic mass is 10.1. The Balaban J connectivity index is 1.91. The van der Waals surface area contributed by atoms with Crippen molar-refractivity contribution in [3.63, 3.8) is 0 Å². The van der Waals surface area contributed by atoms with Gasteiger partial charge >= 0.3 is 5.97 Å². The van der Waals surface area contributed by atoms with Crippen molar-refractivity contribution < 1.29 is 14.3 Å². The first-order chi connectivity index (χ1) is 10.2. The summed E-state index contributed by atoms with van der Waals surface area (Å²) >= 11 is 3.05. The second-order valence-electron chi connectivity index (χ2n) is 4.52. The summed E-state index contributed by atoms with van der Waals surface area (Å²) in [6.07, 6.45) is -0.208. The normalized spacial score (nSPS) is 10.7. The van der Waals surface area contributed by atoms with Gasteiger partial charge in [-0.15, -0.1) is 22.7 Å². The largest absolute Gasteiger partial charge is 0.469 e. The predicted octanol–water partition coefficient (Wildman–Crippen LogP) is 4.38. The van der Waals surface area contributed by atoms with Crippen LogP contribution in [0.3, 0.4) is 0 Å². The standard InChI is InChI=1S/C16H12O3S2/c1-19-16(18)7-13(17)15-6-10(8-20-15)12-9-21-14-5-3-2-4-11(12)14/h2-6,8-9H,7H2,1H3. The first-order valence-corrected chi connectivity index (χ1v) is 8.10. The highest BCUT2D eigenvalue weighted by Gasteiger charge is 2.16. The lowest BCUT2D eigenvalue weighted by Crippen LogP contribution is -2.08. The van der Waals surface area contributed by atoms with Gasteiger partial charge in [-0.1, -0.05) is 18.2 Å². The maximum absolute atomic E-state index is 12.0. The van der Waals surface area contributed by atoms with Gasteiger partial charge in [0.25, 0.3) is 0 Å². The predicted molar refractivity (Wildman–Crippen MR) is 86.1 cm³/mol. The number of fused-ring (bicyclic) bond motifs is 1. The van der Waals surface area contributed by atoms with Crippen molar-refractivity contribution in [3.8, 4) is 11.1 Å². The molecule has 0 N–H and O–H groups in total. The van der Waals surface area contributed by atoms with Gasteiger partial charge in [0, 0.05) is 15.6 Å². The zero-order valence-electron chi connectivity index (χ0n) is 11.3. The fourth-order valence-electron chi connectivity index (χ4n) is 2.12. The average molecular weight is 316 g/mol. The molecule has 0 aliphatic rings. The number of Topliss-reactive ketones (excluding diaryl/α,β-unsaturated/α-hetero) is 1. The highest BCUT2D eigenvalue weighted by molar-refractivity contribution is 7.18. The van der Waals surface area contributed by atoms with Gasteiger partial charge in [0.05, 0.1) is 12.0 Å². The Morgan fingerprint density at radius 1 is 1.14 bits per heavy atom. The molecule has 5 heteroatoms. The molecule has 2 aromatic heterocycles. The Morgan fingerprint density at radius 3 is 2.76 bits per heavy atom. The summed E-state index contributed by atoms with van der Waals surface area (Å²) in [4.78, 5) is 23.7. The Bertz CT molecular complexity index is 814. The summed E-state index contributed by atoms with van der Waals surface area (Å²) in [5.41, 5.74) is 2.15. The van der Waals surface area contributed by atoms with Crippen LogP contribution in [0.4, 0.5) is 0 Å². The van der Waals surface area contributed by atoms with E-state index < -0.39 is 5.97 Å². The van der Waals surface area contributed by atoms with Crippen molar-refractivity contribution in [2.75, 3.05) is 7.11 Å². The first-order valence-electron chi connectivity index (χ1n) is 6.34. The highest BCUT2D eigenvalue weighted by Crippen LogP contribution is 2.36. The van der Waals surface area contributed by atoms with E-state index in [1.807, 2.05) is 23.6 Å². The number of ether oxygens (including phenoxy) is 1. The second kappa shape index (κ2) is 5.79. The topological polar surface area (TPSA) is 43.4 Å². The minimum atomic E-state index is -0.504. The Labute approximate surface area is 129 Å². The summed E-state index contributed by atoms with van der Waals surface area (Å²) < 4.78 is 5.75. The molecular formula is C16H12O3S2. The van der Waals surface area contributed by atoms with Crippen LogP contribution in [0.2, 0.25) is 0 Å². The van der Waals surface area contributed by atoms with E-state index in [0.29, 0.717) is 4.88 Å². The molecule has 3 rings (SSSR count). The summed E-state index contributed by atoms with van der Waals surface area (Å²) in [7, 11) is 1.28. The molecule has 1 aromatic carbocycles. The maximum Gasteiger partial charge on any atom is 0.313 e. The van der Waals surface area contributed by atoms with Crippen LogP contribution in [-0.4, -0.2) is 18.9 Å². The van der Waals surface area contributed by atoms with E-state index in [1.54, 1.807) is 11.3 Å². The molecule has 0 aliphatic heterocycles. The van der Waals surface area contributed by atoms with E-state index in [9.17, 15) is 9.59 Å². The quantitative estimate of drug-likeness (QED) is 0.408. The Hall–Kier alpha value is -1.98. The van der Waals surface area contributed by atoms with Gasteiger partial charge in [0.2, 0.25) is 0 Å². The molecule has 0 unspecified atom stereocenters. The molecule has 0 saturated heterocycles. The van der Waals surface area contributed by atoms with Crippen LogP contribution in [-0.2, 0) is 9.53 Å². The van der Waals surface area contributed by atoms with E-state index in [0.717, 1.165) is 11.1 Å². The lowest BCUT2D eigenvalue weighted by molar-refractivity contribution is -0.139. The minimum absolute atomic E-state index is 0.197. The molecule has 3 nitrogen and oxygen atoms in total. The zero-order valence-corrected chi connectivity index (χ0v) is 12.9. The first kappa shape index (κ1) is 14.0. The fraction of sp³-hybridized carbons (Fsp3) is 0.125. The number of carbonyl (C=O) groups excluding carboxylic acids is 2. The SMILES string of the molecule is COC(=O)CC(=O)c1cc(-c2csc3ccccc23)cs1. The summed E-state index contributed by atoms with van der Waals surface area (Å²) in [5.74, 6) is -0.700. The van der Waals surface area contributed by atoms with Crippen molar-refractivity contribution >= 4 is 44.5 Å². The third kappa shape index (κ3) is 2.75. The van der Waals surface area contributed by atoms with Crippen LogP contribution in [0.5, 0.6) is 0 Å². The number of carbonyl (C=O) groups is 2. The van der Waals surface area contributed by atoms with Gasteiger partial charge in [0.1, 0.15) is 6.42 Å². The van der Waals surface area contributed by atoms with Crippen LogP contribution >= 0.6 is 22.7 Å². The lowest BCUT2D eigenvalue weighted by Gasteiger charge is -1.96. The van der Waals surface area contributed by atoms with Crippen molar-refractivity contribution in [2.45, 2.75) is 6.42 Å². The van der Waals surface area contributed by atoms with Gasteiger partial charge in [-0.2, -0.15) is 0 Å². The van der Waals surface area contributed by atoms with E-state index >= 15 is 0 Å². The second-order valence-corrected chi connectivity index (χ2v) is 6.34. The van der Waals surface area contributed by atoms with Crippen LogP contribution in [0, 0.1) is 0 Å². The van der Waals surface area contributed by atoms with Gasteiger partial charge in [0.15, 0.2) is 5.78 Å². The van der Waals surface area contributed by atoms with E-state index in [1.165, 1.54) is 28.5 Å². The molecular weight excluding hydrogens is 304 g/mol. The molecule has 3 aromatic rings. The number of thiophene rings is 2. The molecule has 0 radical (unpaired) electrons. The van der Waals surface area contributed by atoms with Crippen molar-refractivity contribution in [1.82, 2.24) is 0 Å². The highest BCUT2D eigenvalue weighted by atomic mass is 32.1. The number of esters is 1. The van der Waals surface area contributed by atoms with Crippen molar-refractivity contribution in [3.05, 3.63) is 46.0 Å². The van der Waals surface area contributed by atoms with Gasteiger partial charge in [-0.3, -0.25) is 9.59 Å². The van der Waals surface area contributed by atoms with Gasteiger partial charge in [-0.25, -0.2) is 0 Å². The van der Waals surface area contributed by atoms with Gasteiger partial charge < -0.3 is 4.74 Å². The molecule has 2 heterocycles.